The highest BCUT2D eigenvalue weighted by Crippen LogP contribution is 2.12. The van der Waals surface area contributed by atoms with Gasteiger partial charge in [-0.1, -0.05) is 0 Å². The molecule has 0 saturated carbocycles. The number of hydrogen-bond donors (Lipinski definition) is 1. The predicted octanol–water partition coefficient (Wildman–Crippen LogP) is -0.138. The van der Waals surface area contributed by atoms with Crippen LogP contribution in [0.15, 0.2) is 12.5 Å². The van der Waals surface area contributed by atoms with Crippen molar-refractivity contribution in [2.24, 2.45) is 5.92 Å². The molecule has 19 heavy (non-hydrogen) atoms. The Balaban J connectivity index is 2.02. The Morgan fingerprint density at radius 3 is 2.89 bits per heavy atom. The number of nitrogens with zero attached hydrogens (tertiary/aromatic N) is 4. The summed E-state index contributed by atoms with van der Waals surface area (Å²) in [5, 5.41) is 0. The fraction of sp³-hybridized carbons (Fsp3) is 0.692. The van der Waals surface area contributed by atoms with E-state index in [0.717, 1.165) is 38.4 Å². The molecule has 6 nitrogen and oxygen atoms in total. The molecule has 0 radical (unpaired) electrons. The number of likely N-dealkylation sites (N-methyl/N-ethyl adjacent to an activating group) is 1. The van der Waals surface area contributed by atoms with E-state index >= 15 is 0 Å². The number of imidazole rings is 1. The third kappa shape index (κ3) is 3.78. The molecule has 0 aromatic carbocycles. The minimum absolute atomic E-state index is 0.0467. The fourth-order valence-corrected chi connectivity index (χ4v) is 2.52. The van der Waals surface area contributed by atoms with Crippen LogP contribution in [0.5, 0.6) is 0 Å². The molecular weight excluding hydrogens is 242 g/mol. The number of nitrogens with one attached hydrogen (secondary N) is 1. The largest absolute Gasteiger partial charge is 0.348 e. The highest BCUT2D eigenvalue weighted by atomic mass is 16.2. The minimum atomic E-state index is 0.0467. The zero-order valence-electron chi connectivity index (χ0n) is 12.0. The summed E-state index contributed by atoms with van der Waals surface area (Å²) in [6.07, 6.45) is 3.54. The van der Waals surface area contributed by atoms with Crippen molar-refractivity contribution in [2.75, 3.05) is 47.3 Å². The average Bonchev–Trinajstić information content (AvgIpc) is 2.79. The first-order chi connectivity index (χ1) is 9.06. The first-order valence-corrected chi connectivity index (χ1v) is 6.65. The van der Waals surface area contributed by atoms with Gasteiger partial charge in [-0.2, -0.15) is 0 Å². The molecule has 1 aliphatic rings. The van der Waals surface area contributed by atoms with E-state index in [4.69, 9.17) is 0 Å². The third-order valence-electron chi connectivity index (χ3n) is 3.55. The van der Waals surface area contributed by atoms with Crippen molar-refractivity contribution >= 4 is 5.91 Å². The first-order valence-electron chi connectivity index (χ1n) is 6.65. The van der Waals surface area contributed by atoms with Gasteiger partial charge < -0.3 is 14.8 Å². The van der Waals surface area contributed by atoms with Gasteiger partial charge in [0.1, 0.15) is 0 Å². The van der Waals surface area contributed by atoms with Gasteiger partial charge in [0.25, 0.3) is 0 Å². The van der Waals surface area contributed by atoms with Crippen molar-refractivity contribution in [2.45, 2.75) is 6.54 Å². The van der Waals surface area contributed by atoms with Crippen molar-refractivity contribution in [3.8, 4) is 0 Å². The SMILES string of the molecule is CN1CCN(Cc2cnc[nH]2)C[C@H](C(=O)N(C)C)C1. The molecule has 1 aliphatic heterocycles. The number of H-pyrrole nitrogens is 1. The second-order valence-electron chi connectivity index (χ2n) is 5.50. The summed E-state index contributed by atoms with van der Waals surface area (Å²) in [7, 11) is 5.73. The maximum atomic E-state index is 12.2. The molecule has 6 heteroatoms. The Kier molecular flexibility index (Phi) is 4.55. The van der Waals surface area contributed by atoms with E-state index in [9.17, 15) is 4.79 Å². The highest BCUT2D eigenvalue weighted by Gasteiger charge is 2.27. The summed E-state index contributed by atoms with van der Waals surface area (Å²) < 4.78 is 0. The molecule has 1 aromatic rings. The smallest absolute Gasteiger partial charge is 0.227 e. The Hall–Kier alpha value is -1.40. The number of aromatic amines is 1. The second-order valence-corrected chi connectivity index (χ2v) is 5.50. The van der Waals surface area contributed by atoms with Gasteiger partial charge in [-0.25, -0.2) is 4.98 Å². The van der Waals surface area contributed by atoms with Gasteiger partial charge in [0.2, 0.25) is 5.91 Å². The molecular formula is C13H23N5O. The van der Waals surface area contributed by atoms with Crippen LogP contribution >= 0.6 is 0 Å². The van der Waals surface area contributed by atoms with Crippen LogP contribution in [0.25, 0.3) is 0 Å². The molecule has 0 unspecified atom stereocenters. The lowest BCUT2D eigenvalue weighted by Crippen LogP contribution is -2.40. The number of rotatable bonds is 3. The van der Waals surface area contributed by atoms with Crippen LogP contribution in [-0.2, 0) is 11.3 Å². The lowest BCUT2D eigenvalue weighted by atomic mass is 10.1. The summed E-state index contributed by atoms with van der Waals surface area (Å²) in [5.41, 5.74) is 1.10. The average molecular weight is 265 g/mol. The Labute approximate surface area is 114 Å². The minimum Gasteiger partial charge on any atom is -0.348 e. The van der Waals surface area contributed by atoms with Crippen LogP contribution in [0.1, 0.15) is 5.69 Å². The zero-order valence-corrected chi connectivity index (χ0v) is 12.0. The van der Waals surface area contributed by atoms with Gasteiger partial charge in [0.05, 0.1) is 12.2 Å². The summed E-state index contributed by atoms with van der Waals surface area (Å²) in [6, 6.07) is 0. The summed E-state index contributed by atoms with van der Waals surface area (Å²) >= 11 is 0. The molecule has 1 atom stereocenters. The van der Waals surface area contributed by atoms with E-state index in [-0.39, 0.29) is 11.8 Å². The van der Waals surface area contributed by atoms with Gasteiger partial charge in [-0.15, -0.1) is 0 Å². The number of aromatic nitrogens is 2. The highest BCUT2D eigenvalue weighted by molar-refractivity contribution is 5.78. The van der Waals surface area contributed by atoms with Gasteiger partial charge in [-0.05, 0) is 7.05 Å². The van der Waals surface area contributed by atoms with E-state index < -0.39 is 0 Å². The van der Waals surface area contributed by atoms with Crippen LogP contribution < -0.4 is 0 Å². The molecule has 1 aromatic heterocycles. The van der Waals surface area contributed by atoms with Crippen LogP contribution in [0, 0.1) is 5.92 Å². The number of amides is 1. The molecule has 2 heterocycles. The fourth-order valence-electron chi connectivity index (χ4n) is 2.52. The molecule has 1 fully saturated rings. The number of hydrogen-bond acceptors (Lipinski definition) is 4. The van der Waals surface area contributed by atoms with Crippen molar-refractivity contribution in [1.29, 1.82) is 0 Å². The van der Waals surface area contributed by atoms with E-state index in [2.05, 4.69) is 26.8 Å². The maximum Gasteiger partial charge on any atom is 0.227 e. The van der Waals surface area contributed by atoms with Crippen LogP contribution in [0.3, 0.4) is 0 Å². The first kappa shape index (κ1) is 14.0. The van der Waals surface area contributed by atoms with Gasteiger partial charge in [-0.3, -0.25) is 9.69 Å². The lowest BCUT2D eigenvalue weighted by Gasteiger charge is -2.25. The van der Waals surface area contributed by atoms with Crippen molar-refractivity contribution in [1.82, 2.24) is 24.7 Å². The molecule has 0 aliphatic carbocycles. The van der Waals surface area contributed by atoms with Gasteiger partial charge >= 0.3 is 0 Å². The molecule has 0 bridgehead atoms. The van der Waals surface area contributed by atoms with Gasteiger partial charge in [0.15, 0.2) is 0 Å². The summed E-state index contributed by atoms with van der Waals surface area (Å²) in [5.74, 6) is 0.258. The molecule has 106 valence electrons. The van der Waals surface area contributed by atoms with Crippen LogP contribution in [0.2, 0.25) is 0 Å². The third-order valence-corrected chi connectivity index (χ3v) is 3.55. The number of carbonyl (C=O) groups excluding carboxylic acids is 1. The van der Waals surface area contributed by atoms with E-state index in [1.807, 2.05) is 20.3 Å². The lowest BCUT2D eigenvalue weighted by molar-refractivity contribution is -0.133. The quantitative estimate of drug-likeness (QED) is 0.826. The molecule has 1 N–H and O–H groups in total. The maximum absolute atomic E-state index is 12.2. The van der Waals surface area contributed by atoms with Gasteiger partial charge in [0, 0.05) is 58.7 Å². The topological polar surface area (TPSA) is 55.5 Å². The van der Waals surface area contributed by atoms with Crippen LogP contribution in [0.4, 0.5) is 0 Å². The number of carbonyl (C=O) groups is 1. The van der Waals surface area contributed by atoms with E-state index in [1.54, 1.807) is 11.2 Å². The Bertz CT molecular complexity index is 403. The standard InChI is InChI=1S/C13H23N5O/c1-16(2)13(19)11-7-17(3)4-5-18(8-11)9-12-6-14-10-15-12/h6,10-11H,4-5,7-9H2,1-3H3,(H,14,15)/t11-/m1/s1. The molecule has 0 spiro atoms. The van der Waals surface area contributed by atoms with Crippen molar-refractivity contribution in [3.05, 3.63) is 18.2 Å². The Morgan fingerprint density at radius 2 is 2.26 bits per heavy atom. The monoisotopic (exact) mass is 265 g/mol. The second kappa shape index (κ2) is 6.16. The molecule has 2 rings (SSSR count). The van der Waals surface area contributed by atoms with E-state index in [1.165, 1.54) is 0 Å². The Morgan fingerprint density at radius 1 is 1.47 bits per heavy atom. The normalized spacial score (nSPS) is 22.2. The van der Waals surface area contributed by atoms with E-state index in [0.29, 0.717) is 0 Å². The van der Waals surface area contributed by atoms with Crippen LogP contribution in [-0.4, -0.2) is 77.9 Å². The van der Waals surface area contributed by atoms with Crippen molar-refractivity contribution < 1.29 is 4.79 Å². The zero-order chi connectivity index (χ0) is 13.8. The summed E-state index contributed by atoms with van der Waals surface area (Å²) in [6.45, 7) is 4.43. The molecule has 1 amide bonds. The molecule has 1 saturated heterocycles. The van der Waals surface area contributed by atoms with Crippen molar-refractivity contribution in [3.63, 3.8) is 0 Å². The predicted molar refractivity (Wildman–Crippen MR) is 73.5 cm³/mol. The summed E-state index contributed by atoms with van der Waals surface area (Å²) in [4.78, 5) is 25.6.